The van der Waals surface area contributed by atoms with Gasteiger partial charge < -0.3 is 15.7 Å². The quantitative estimate of drug-likeness (QED) is 0.659. The lowest BCUT2D eigenvalue weighted by atomic mass is 10.2. The van der Waals surface area contributed by atoms with Crippen LogP contribution in [0.3, 0.4) is 0 Å². The molecule has 7 heteroatoms. The molecule has 1 rings (SSSR count). The van der Waals surface area contributed by atoms with Crippen LogP contribution in [0.15, 0.2) is 6.33 Å². The van der Waals surface area contributed by atoms with Crippen molar-refractivity contribution in [2.45, 2.75) is 12.5 Å². The van der Waals surface area contributed by atoms with Crippen LogP contribution in [0.2, 0.25) is 5.15 Å². The van der Waals surface area contributed by atoms with Crippen LogP contribution in [-0.2, 0) is 0 Å². The van der Waals surface area contributed by atoms with Gasteiger partial charge in [0.1, 0.15) is 12.0 Å². The Morgan fingerprint density at radius 3 is 2.88 bits per heavy atom. The molecule has 0 fully saturated rings. The maximum atomic E-state index is 9.00. The van der Waals surface area contributed by atoms with E-state index in [4.69, 9.17) is 16.7 Å². The number of aromatic nitrogens is 2. The van der Waals surface area contributed by atoms with Crippen LogP contribution in [-0.4, -0.2) is 46.8 Å². The number of hydrogen-bond acceptors (Lipinski definition) is 6. The molecule has 0 aliphatic rings. The summed E-state index contributed by atoms with van der Waals surface area (Å²) in [7, 11) is 1.77. The number of nitrogens with one attached hydrogen (secondary N) is 2. The normalized spacial score (nSPS) is 12.2. The second-order valence-corrected chi connectivity index (χ2v) is 4.72. The smallest absolute Gasteiger partial charge is 0.157 e. The first-order chi connectivity index (χ1) is 8.22. The molecule has 0 radical (unpaired) electrons. The van der Waals surface area contributed by atoms with Crippen LogP contribution in [0, 0.1) is 0 Å². The summed E-state index contributed by atoms with van der Waals surface area (Å²) in [5, 5.41) is 15.6. The van der Waals surface area contributed by atoms with Crippen LogP contribution in [0.25, 0.3) is 0 Å². The highest BCUT2D eigenvalue weighted by molar-refractivity contribution is 7.98. The summed E-state index contributed by atoms with van der Waals surface area (Å²) in [4.78, 5) is 8.06. The first kappa shape index (κ1) is 14.3. The van der Waals surface area contributed by atoms with Crippen molar-refractivity contribution in [2.75, 3.05) is 36.3 Å². The monoisotopic (exact) mass is 276 g/mol. The summed E-state index contributed by atoms with van der Waals surface area (Å²) in [5.41, 5.74) is 0.679. The van der Waals surface area contributed by atoms with E-state index in [1.54, 1.807) is 18.8 Å². The fraction of sp³-hybridized carbons (Fsp3) is 0.600. The molecule has 0 saturated carbocycles. The Labute approximate surface area is 110 Å². The predicted molar refractivity (Wildman–Crippen MR) is 74.1 cm³/mol. The minimum atomic E-state index is 0.145. The Morgan fingerprint density at radius 1 is 1.53 bits per heavy atom. The van der Waals surface area contributed by atoms with Crippen molar-refractivity contribution < 1.29 is 5.11 Å². The fourth-order valence-electron chi connectivity index (χ4n) is 1.44. The minimum Gasteiger partial charge on any atom is -0.396 e. The summed E-state index contributed by atoms with van der Waals surface area (Å²) < 4.78 is 0. The van der Waals surface area contributed by atoms with Crippen LogP contribution in [0.4, 0.5) is 11.5 Å². The van der Waals surface area contributed by atoms with Gasteiger partial charge in [-0.15, -0.1) is 0 Å². The second-order valence-electron chi connectivity index (χ2n) is 3.45. The molecule has 1 heterocycles. The summed E-state index contributed by atoms with van der Waals surface area (Å²) >= 11 is 7.68. The van der Waals surface area contributed by atoms with Gasteiger partial charge in [0.2, 0.25) is 0 Å². The van der Waals surface area contributed by atoms with E-state index in [0.717, 1.165) is 5.75 Å². The topological polar surface area (TPSA) is 70.1 Å². The standard InChI is InChI=1S/C10H17ClN4OS/c1-12-8-9(11)13-6-14-10(8)15-7(3-4-16)5-17-2/h6-7,12,16H,3-5H2,1-2H3,(H,13,14,15). The molecule has 0 saturated heterocycles. The summed E-state index contributed by atoms with van der Waals surface area (Å²) in [6.07, 6.45) is 4.12. The van der Waals surface area contributed by atoms with Gasteiger partial charge in [0.15, 0.2) is 11.0 Å². The van der Waals surface area contributed by atoms with Gasteiger partial charge >= 0.3 is 0 Å². The maximum absolute atomic E-state index is 9.00. The summed E-state index contributed by atoms with van der Waals surface area (Å²) in [6, 6.07) is 0.160. The molecule has 17 heavy (non-hydrogen) atoms. The Kier molecular flexibility index (Phi) is 6.39. The molecule has 1 aromatic heterocycles. The highest BCUT2D eigenvalue weighted by Gasteiger charge is 2.13. The average molecular weight is 277 g/mol. The molecule has 1 atom stereocenters. The van der Waals surface area contributed by atoms with E-state index < -0.39 is 0 Å². The number of nitrogens with zero attached hydrogens (tertiary/aromatic N) is 2. The molecule has 96 valence electrons. The Bertz CT molecular complexity index is 347. The zero-order valence-electron chi connectivity index (χ0n) is 9.90. The number of thioether (sulfide) groups is 1. The first-order valence-electron chi connectivity index (χ1n) is 5.27. The van der Waals surface area contributed by atoms with Gasteiger partial charge in [-0.3, -0.25) is 0 Å². The number of aliphatic hydroxyl groups excluding tert-OH is 1. The summed E-state index contributed by atoms with van der Waals surface area (Å²) in [6.45, 7) is 0.145. The van der Waals surface area contributed by atoms with E-state index in [2.05, 4.69) is 20.6 Å². The van der Waals surface area contributed by atoms with Gasteiger partial charge in [0.25, 0.3) is 0 Å². The van der Waals surface area contributed by atoms with Gasteiger partial charge in [-0.2, -0.15) is 11.8 Å². The van der Waals surface area contributed by atoms with Gasteiger partial charge in [0, 0.05) is 25.4 Å². The van der Waals surface area contributed by atoms with Crippen LogP contribution in [0.5, 0.6) is 0 Å². The van der Waals surface area contributed by atoms with Crippen molar-refractivity contribution >= 4 is 34.9 Å². The number of rotatable bonds is 7. The zero-order chi connectivity index (χ0) is 12.7. The van der Waals surface area contributed by atoms with Gasteiger partial charge in [-0.1, -0.05) is 11.6 Å². The van der Waals surface area contributed by atoms with Crippen LogP contribution < -0.4 is 10.6 Å². The van der Waals surface area contributed by atoms with E-state index in [1.165, 1.54) is 6.33 Å². The van der Waals surface area contributed by atoms with Gasteiger partial charge in [-0.25, -0.2) is 9.97 Å². The molecule has 0 aliphatic carbocycles. The third-order valence-electron chi connectivity index (χ3n) is 2.24. The SMILES string of the molecule is CNc1c(Cl)ncnc1NC(CCO)CSC. The maximum Gasteiger partial charge on any atom is 0.157 e. The van der Waals surface area contributed by atoms with E-state index in [-0.39, 0.29) is 12.6 Å². The zero-order valence-corrected chi connectivity index (χ0v) is 11.5. The lowest BCUT2D eigenvalue weighted by molar-refractivity contribution is 0.282. The fourth-order valence-corrected chi connectivity index (χ4v) is 2.32. The van der Waals surface area contributed by atoms with Crippen molar-refractivity contribution in [3.05, 3.63) is 11.5 Å². The third-order valence-corrected chi connectivity index (χ3v) is 3.26. The lowest BCUT2D eigenvalue weighted by Gasteiger charge is -2.19. The molecule has 3 N–H and O–H groups in total. The molecule has 1 aromatic rings. The summed E-state index contributed by atoms with van der Waals surface area (Å²) in [5.74, 6) is 1.56. The predicted octanol–water partition coefficient (Wildman–Crippen LogP) is 1.70. The third kappa shape index (κ3) is 4.22. The average Bonchev–Trinajstić information content (AvgIpc) is 2.30. The van der Waals surface area contributed by atoms with Crippen LogP contribution >= 0.6 is 23.4 Å². The minimum absolute atomic E-state index is 0.145. The van der Waals surface area contributed by atoms with Crippen molar-refractivity contribution in [1.29, 1.82) is 0 Å². The lowest BCUT2D eigenvalue weighted by Crippen LogP contribution is -2.24. The highest BCUT2D eigenvalue weighted by atomic mass is 35.5. The molecule has 0 aromatic carbocycles. The van der Waals surface area contributed by atoms with E-state index in [1.807, 2.05) is 6.26 Å². The highest BCUT2D eigenvalue weighted by Crippen LogP contribution is 2.26. The van der Waals surface area contributed by atoms with E-state index >= 15 is 0 Å². The molecular weight excluding hydrogens is 260 g/mol. The van der Waals surface area contributed by atoms with Crippen LogP contribution in [0.1, 0.15) is 6.42 Å². The number of anilines is 2. The molecule has 5 nitrogen and oxygen atoms in total. The largest absolute Gasteiger partial charge is 0.396 e. The first-order valence-corrected chi connectivity index (χ1v) is 7.04. The molecular formula is C10H17ClN4OS. The number of aliphatic hydroxyl groups is 1. The van der Waals surface area contributed by atoms with Crippen molar-refractivity contribution in [3.8, 4) is 0 Å². The second kappa shape index (κ2) is 7.58. The van der Waals surface area contributed by atoms with Crippen molar-refractivity contribution in [2.24, 2.45) is 0 Å². The molecule has 0 aliphatic heterocycles. The van der Waals surface area contributed by atoms with Crippen molar-refractivity contribution in [3.63, 3.8) is 0 Å². The molecule has 0 amide bonds. The number of hydrogen-bond donors (Lipinski definition) is 3. The van der Waals surface area contributed by atoms with Crippen molar-refractivity contribution in [1.82, 2.24) is 9.97 Å². The van der Waals surface area contributed by atoms with Gasteiger partial charge in [-0.05, 0) is 12.7 Å². The van der Waals surface area contributed by atoms with Gasteiger partial charge in [0.05, 0.1) is 0 Å². The molecule has 1 unspecified atom stereocenters. The number of halogens is 1. The Hall–Kier alpha value is -0.720. The molecule has 0 spiro atoms. The van der Waals surface area contributed by atoms with E-state index in [0.29, 0.717) is 23.1 Å². The Balaban J connectivity index is 2.80. The molecule has 0 bridgehead atoms. The Morgan fingerprint density at radius 2 is 2.29 bits per heavy atom. The van der Waals surface area contributed by atoms with E-state index in [9.17, 15) is 0 Å².